The van der Waals surface area contributed by atoms with Crippen LogP contribution in [-0.2, 0) is 0 Å². The van der Waals surface area contributed by atoms with E-state index < -0.39 is 0 Å². The van der Waals surface area contributed by atoms with Crippen molar-refractivity contribution < 1.29 is 0 Å². The molecule has 4 heteroatoms. The lowest BCUT2D eigenvalue weighted by Gasteiger charge is -1.83. The lowest BCUT2D eigenvalue weighted by molar-refractivity contribution is 1.67. The quantitative estimate of drug-likeness (QED) is 0.571. The second-order valence-corrected chi connectivity index (χ2v) is 9.52. The summed E-state index contributed by atoms with van der Waals surface area (Å²) in [6.07, 6.45) is 0. The Morgan fingerprint density at radius 1 is 1.30 bits per heavy atom. The molecule has 1 aromatic rings. The smallest absolute Gasteiger partial charge is 0.399 e. The molecule has 1 aromatic carbocycles. The monoisotopic (exact) mass is 274 g/mol. The van der Waals surface area contributed by atoms with Gasteiger partial charge in [0.05, 0.1) is 0 Å². The molecular formula is C6H6Br2MgN. The lowest BCUT2D eigenvalue weighted by atomic mass is 10.3. The standard InChI is InChI=1S/C6H6N.2BrH.Mg/c7-6-4-2-1-3-5-6;;;/h2-5H,7H2;2*1H;/q;;;+2/p-2. The first kappa shape index (κ1) is 10.7. The molecule has 0 amide bonds. The van der Waals surface area contributed by atoms with Crippen LogP contribution >= 0.6 is 25.8 Å². The van der Waals surface area contributed by atoms with Gasteiger partial charge in [0.1, 0.15) is 0 Å². The Labute approximate surface area is 82.8 Å². The molecule has 1 nitrogen and oxygen atoms in total. The van der Waals surface area contributed by atoms with Crippen LogP contribution in [0.15, 0.2) is 24.3 Å². The molecule has 0 aliphatic rings. The van der Waals surface area contributed by atoms with E-state index >= 15 is 0 Å². The lowest BCUT2D eigenvalue weighted by Crippen LogP contribution is -1.79. The highest BCUT2D eigenvalue weighted by Gasteiger charge is 1.72. The Balaban J connectivity index is 0.000000236. The highest BCUT2D eigenvalue weighted by Crippen LogP contribution is 1.95. The summed E-state index contributed by atoms with van der Waals surface area (Å²) in [5, 5.41) is 0. The molecule has 0 heterocycles. The summed E-state index contributed by atoms with van der Waals surface area (Å²) in [6, 6.07) is 10.0. The van der Waals surface area contributed by atoms with Crippen molar-refractivity contribution in [2.45, 2.75) is 0 Å². The van der Waals surface area contributed by atoms with Crippen LogP contribution in [-0.4, -0.2) is 16.0 Å². The van der Waals surface area contributed by atoms with E-state index in [9.17, 15) is 0 Å². The van der Waals surface area contributed by atoms with Gasteiger partial charge < -0.3 is 5.73 Å². The van der Waals surface area contributed by atoms with E-state index in [0.717, 1.165) is 5.69 Å². The second kappa shape index (κ2) is 7.85. The molecule has 0 saturated heterocycles. The van der Waals surface area contributed by atoms with Gasteiger partial charge in [-0.15, -0.1) is 0 Å². The van der Waals surface area contributed by atoms with Gasteiger partial charge in [-0.2, -0.15) is 0 Å². The predicted octanol–water partition coefficient (Wildman–Crippen LogP) is 2.38. The highest BCUT2D eigenvalue weighted by molar-refractivity contribution is 9.47. The third-order valence-corrected chi connectivity index (χ3v) is 0.744. The molecule has 0 saturated carbocycles. The second-order valence-electron chi connectivity index (χ2n) is 1.43. The molecule has 1 radical (unpaired) electrons. The summed E-state index contributed by atoms with van der Waals surface area (Å²) in [5.41, 5.74) is 6.13. The van der Waals surface area contributed by atoms with Crippen LogP contribution in [0.2, 0.25) is 0 Å². The maximum absolute atomic E-state index is 5.34. The minimum atomic E-state index is 0.0417. The van der Waals surface area contributed by atoms with Gasteiger partial charge in [-0.25, -0.2) is 0 Å². The van der Waals surface area contributed by atoms with Crippen LogP contribution in [0, 0.1) is 6.07 Å². The summed E-state index contributed by atoms with van der Waals surface area (Å²) >= 11 is 6.44. The van der Waals surface area contributed by atoms with E-state index in [1.54, 1.807) is 24.3 Å². The third-order valence-electron chi connectivity index (χ3n) is 0.744. The van der Waals surface area contributed by atoms with Gasteiger partial charge in [0, 0.05) is 5.69 Å². The van der Waals surface area contributed by atoms with Crippen molar-refractivity contribution >= 4 is 47.5 Å². The van der Waals surface area contributed by atoms with Gasteiger partial charge in [-0.3, -0.25) is 25.8 Å². The van der Waals surface area contributed by atoms with Crippen molar-refractivity contribution in [1.82, 2.24) is 0 Å². The summed E-state index contributed by atoms with van der Waals surface area (Å²) in [5.74, 6) is 0. The van der Waals surface area contributed by atoms with E-state index in [2.05, 4.69) is 31.8 Å². The summed E-state index contributed by atoms with van der Waals surface area (Å²) in [7, 11) is 0. The van der Waals surface area contributed by atoms with Crippen molar-refractivity contribution in [3.05, 3.63) is 30.3 Å². The molecule has 0 spiro atoms. The molecule has 51 valence electrons. The Bertz CT molecular complexity index is 157. The topological polar surface area (TPSA) is 26.0 Å². The number of halogens is 2. The van der Waals surface area contributed by atoms with Crippen LogP contribution in [0.25, 0.3) is 0 Å². The SMILES string of the molecule is Nc1cc[c]cc1.[Br][Mg][Br]. The van der Waals surface area contributed by atoms with Crippen LogP contribution in [0.1, 0.15) is 0 Å². The Hall–Kier alpha value is 0.746. The number of benzene rings is 1. The average Bonchev–Trinajstić information content (AvgIpc) is 1.91. The van der Waals surface area contributed by atoms with Crippen molar-refractivity contribution in [3.63, 3.8) is 0 Å². The van der Waals surface area contributed by atoms with Crippen LogP contribution in [0.4, 0.5) is 5.69 Å². The van der Waals surface area contributed by atoms with E-state index in [0.29, 0.717) is 0 Å². The predicted molar refractivity (Wildman–Crippen MR) is 53.3 cm³/mol. The summed E-state index contributed by atoms with van der Waals surface area (Å²) in [4.78, 5) is 0. The first-order chi connectivity index (χ1) is 4.81. The number of rotatable bonds is 0. The minimum Gasteiger partial charge on any atom is -0.399 e. The summed E-state index contributed by atoms with van der Waals surface area (Å²) < 4.78 is 0. The minimum absolute atomic E-state index is 0.0417. The Kier molecular flexibility index (Phi) is 8.43. The van der Waals surface area contributed by atoms with Crippen LogP contribution in [0.3, 0.4) is 0 Å². The van der Waals surface area contributed by atoms with Gasteiger partial charge in [0.2, 0.25) is 0 Å². The Morgan fingerprint density at radius 2 is 1.70 bits per heavy atom. The molecule has 0 unspecified atom stereocenters. The van der Waals surface area contributed by atoms with Gasteiger partial charge in [-0.05, 0) is 18.2 Å². The number of anilines is 1. The molecule has 1 rings (SSSR count). The van der Waals surface area contributed by atoms with E-state index in [1.807, 2.05) is 0 Å². The molecule has 0 bridgehead atoms. The fourth-order valence-corrected chi connectivity index (χ4v) is 0.400. The number of hydrogen-bond acceptors (Lipinski definition) is 1. The van der Waals surface area contributed by atoms with Crippen molar-refractivity contribution in [2.75, 3.05) is 5.73 Å². The zero-order valence-electron chi connectivity index (χ0n) is 5.35. The fraction of sp³-hybridized carbons (Fsp3) is 0. The zero-order valence-corrected chi connectivity index (χ0v) is 9.94. The van der Waals surface area contributed by atoms with Crippen molar-refractivity contribution in [1.29, 1.82) is 0 Å². The maximum Gasteiger partial charge on any atom is 0.560 e. The molecule has 2 N–H and O–H groups in total. The van der Waals surface area contributed by atoms with Crippen LogP contribution in [0.5, 0.6) is 0 Å². The van der Waals surface area contributed by atoms with Gasteiger partial charge >= 0.3 is 16.0 Å². The van der Waals surface area contributed by atoms with Gasteiger partial charge in [-0.1, -0.05) is 12.1 Å². The molecule has 0 atom stereocenters. The molecule has 10 heavy (non-hydrogen) atoms. The molecule has 0 fully saturated rings. The number of nitrogen functional groups attached to an aromatic ring is 1. The zero-order chi connectivity index (χ0) is 7.82. The van der Waals surface area contributed by atoms with E-state index in [1.165, 1.54) is 0 Å². The molecule has 0 aliphatic carbocycles. The number of nitrogens with two attached hydrogens (primary N) is 1. The third kappa shape index (κ3) is 6.86. The molecule has 0 aromatic heterocycles. The van der Waals surface area contributed by atoms with Gasteiger partial charge in [0.25, 0.3) is 0 Å². The molecule has 0 aliphatic heterocycles. The first-order valence-corrected chi connectivity index (χ1v) is 10.4. The van der Waals surface area contributed by atoms with E-state index in [-0.39, 0.29) is 16.0 Å². The normalized spacial score (nSPS) is 7.00. The Morgan fingerprint density at radius 3 is 1.90 bits per heavy atom. The summed E-state index contributed by atoms with van der Waals surface area (Å²) in [6.45, 7) is 0. The van der Waals surface area contributed by atoms with E-state index in [4.69, 9.17) is 5.73 Å². The molecular weight excluding hydrogens is 270 g/mol. The van der Waals surface area contributed by atoms with Crippen molar-refractivity contribution in [3.8, 4) is 0 Å². The first-order valence-electron chi connectivity index (χ1n) is 2.64. The van der Waals surface area contributed by atoms with Crippen LogP contribution < -0.4 is 5.73 Å². The average molecular weight is 276 g/mol. The fourth-order valence-electron chi connectivity index (χ4n) is 0.400. The maximum atomic E-state index is 5.34. The van der Waals surface area contributed by atoms with Gasteiger partial charge in [0.15, 0.2) is 0 Å². The highest BCUT2D eigenvalue weighted by atomic mass is 79.9. The van der Waals surface area contributed by atoms with Crippen molar-refractivity contribution in [2.24, 2.45) is 0 Å². The number of hydrogen-bond donors (Lipinski definition) is 1. The largest absolute Gasteiger partial charge is 0.560 e.